The first kappa shape index (κ1) is 24.5. The van der Waals surface area contributed by atoms with Crippen molar-refractivity contribution in [2.45, 2.75) is 83.9 Å². The van der Waals surface area contributed by atoms with E-state index in [1.165, 1.54) is 11.1 Å². The van der Waals surface area contributed by atoms with Gasteiger partial charge in [0.25, 0.3) is 0 Å². The maximum atomic E-state index is 13.4. The van der Waals surface area contributed by atoms with E-state index in [0.717, 1.165) is 42.6 Å². The molecule has 2 fully saturated rings. The van der Waals surface area contributed by atoms with E-state index in [9.17, 15) is 9.59 Å². The molecule has 0 bridgehead atoms. The maximum Gasteiger partial charge on any atom is 0.408 e. The summed E-state index contributed by atoms with van der Waals surface area (Å²) >= 11 is 1.58. The highest BCUT2D eigenvalue weighted by Gasteiger charge is 2.48. The Kier molecular flexibility index (Phi) is 6.90. The van der Waals surface area contributed by atoms with E-state index in [-0.39, 0.29) is 11.9 Å². The molecule has 2 heterocycles. The van der Waals surface area contributed by atoms with Gasteiger partial charge in [-0.15, -0.1) is 11.3 Å². The van der Waals surface area contributed by atoms with Gasteiger partial charge in [0.15, 0.2) is 0 Å². The predicted octanol–water partition coefficient (Wildman–Crippen LogP) is 4.69. The van der Waals surface area contributed by atoms with E-state index >= 15 is 0 Å². The summed E-state index contributed by atoms with van der Waals surface area (Å²) in [6.07, 6.45) is 3.78. The zero-order valence-corrected chi connectivity index (χ0v) is 21.7. The van der Waals surface area contributed by atoms with Crippen molar-refractivity contribution in [1.82, 2.24) is 15.6 Å². The lowest BCUT2D eigenvalue weighted by Crippen LogP contribution is -2.61. The number of nitrogens with one attached hydrogen (secondary N) is 2. The molecule has 1 saturated heterocycles. The average Bonchev–Trinajstić information content (AvgIpc) is 3.25. The smallest absolute Gasteiger partial charge is 0.408 e. The quantitative estimate of drug-likeness (QED) is 0.596. The molecule has 1 aromatic carbocycles. The number of hydrogen-bond acceptors (Lipinski definition) is 6. The molecule has 1 aromatic heterocycles. The third-order valence-electron chi connectivity index (χ3n) is 6.48. The molecule has 1 aliphatic heterocycles. The lowest BCUT2D eigenvalue weighted by Gasteiger charge is -2.32. The average molecular weight is 485 g/mol. The van der Waals surface area contributed by atoms with Crippen LogP contribution in [0.15, 0.2) is 23.0 Å². The second-order valence-electron chi connectivity index (χ2n) is 10.3. The Morgan fingerprint density at radius 2 is 2.00 bits per heavy atom. The van der Waals surface area contributed by atoms with Crippen molar-refractivity contribution in [3.63, 3.8) is 0 Å². The zero-order chi connectivity index (χ0) is 24.5. The van der Waals surface area contributed by atoms with E-state index in [2.05, 4.69) is 51.9 Å². The van der Waals surface area contributed by atoms with Gasteiger partial charge in [-0.2, -0.15) is 0 Å². The highest BCUT2D eigenvalue weighted by Crippen LogP contribution is 2.36. The number of aryl methyl sites for hydroxylation is 1. The van der Waals surface area contributed by atoms with Gasteiger partial charge in [0.2, 0.25) is 5.91 Å². The van der Waals surface area contributed by atoms with Crippen LogP contribution in [0.4, 0.5) is 10.5 Å². The van der Waals surface area contributed by atoms with Gasteiger partial charge >= 0.3 is 6.09 Å². The summed E-state index contributed by atoms with van der Waals surface area (Å²) in [5.41, 5.74) is 5.94. The molecule has 0 spiro atoms. The molecule has 34 heavy (non-hydrogen) atoms. The summed E-state index contributed by atoms with van der Waals surface area (Å²) in [6.45, 7) is 10.9. The number of nitrogens with zero attached hydrogens (tertiary/aromatic N) is 2. The van der Waals surface area contributed by atoms with Crippen LogP contribution in [0.2, 0.25) is 0 Å². The number of hydrogen-bond donors (Lipinski definition) is 2. The van der Waals surface area contributed by atoms with Crippen LogP contribution in [0, 0.1) is 0 Å². The number of rotatable bonds is 7. The SMILES string of the molecule is CCc1cc(-c2cscn2)cc(N2CC[C@](NC(=O)OC(C)(C)C)(C(=O)NC3CC3)C2)c1CC. The van der Waals surface area contributed by atoms with Crippen LogP contribution in [0.25, 0.3) is 11.3 Å². The number of benzene rings is 1. The van der Waals surface area contributed by atoms with Crippen molar-refractivity contribution in [1.29, 1.82) is 0 Å². The lowest BCUT2D eigenvalue weighted by molar-refractivity contribution is -0.127. The van der Waals surface area contributed by atoms with Gasteiger partial charge in [0.05, 0.1) is 17.7 Å². The van der Waals surface area contributed by atoms with Gasteiger partial charge < -0.3 is 20.3 Å². The minimum absolute atomic E-state index is 0.118. The lowest BCUT2D eigenvalue weighted by atomic mass is 9.95. The van der Waals surface area contributed by atoms with Gasteiger partial charge in [0, 0.05) is 29.2 Å². The van der Waals surface area contributed by atoms with E-state index in [0.29, 0.717) is 19.5 Å². The molecule has 0 radical (unpaired) electrons. The van der Waals surface area contributed by atoms with Gasteiger partial charge in [-0.25, -0.2) is 9.78 Å². The van der Waals surface area contributed by atoms with Crippen molar-refractivity contribution in [3.8, 4) is 11.3 Å². The molecular formula is C26H36N4O3S. The second-order valence-corrected chi connectivity index (χ2v) is 11.1. The number of carbonyl (C=O) groups is 2. The van der Waals surface area contributed by atoms with Crippen molar-refractivity contribution >= 4 is 29.0 Å². The van der Waals surface area contributed by atoms with Gasteiger partial charge in [-0.3, -0.25) is 4.79 Å². The normalized spacial score (nSPS) is 20.3. The van der Waals surface area contributed by atoms with Crippen LogP contribution in [0.5, 0.6) is 0 Å². The number of carbonyl (C=O) groups excluding carboxylic acids is 2. The molecule has 4 rings (SSSR count). The summed E-state index contributed by atoms with van der Waals surface area (Å²) in [5, 5.41) is 8.14. The van der Waals surface area contributed by atoms with Crippen LogP contribution in [0.3, 0.4) is 0 Å². The number of anilines is 1. The maximum absolute atomic E-state index is 13.4. The summed E-state index contributed by atoms with van der Waals surface area (Å²) in [6, 6.07) is 4.64. The van der Waals surface area contributed by atoms with Gasteiger partial charge in [-0.1, -0.05) is 13.8 Å². The minimum Gasteiger partial charge on any atom is -0.444 e. The highest BCUT2D eigenvalue weighted by atomic mass is 32.1. The van der Waals surface area contributed by atoms with Crippen molar-refractivity contribution in [2.24, 2.45) is 0 Å². The third-order valence-corrected chi connectivity index (χ3v) is 7.07. The largest absolute Gasteiger partial charge is 0.444 e. The van der Waals surface area contributed by atoms with Crippen LogP contribution in [-0.4, -0.2) is 47.3 Å². The number of thiazole rings is 1. The fraction of sp³-hybridized carbons (Fsp3) is 0.577. The Morgan fingerprint density at radius 1 is 1.24 bits per heavy atom. The standard InChI is InChI=1S/C26H36N4O3S/c1-6-17-12-18(21-14-34-16-27-21)13-22(20(17)7-2)30-11-10-26(15-30,23(31)28-19-8-9-19)29-24(32)33-25(3,4)5/h12-14,16,19H,6-11,15H2,1-5H3,(H,28,31)(H,29,32)/t26-/m1/s1. The van der Waals surface area contributed by atoms with Crippen LogP contribution >= 0.6 is 11.3 Å². The number of ether oxygens (including phenoxy) is 1. The van der Waals surface area contributed by atoms with Crippen molar-refractivity contribution in [3.05, 3.63) is 34.2 Å². The molecule has 1 aliphatic carbocycles. The number of amides is 2. The van der Waals surface area contributed by atoms with Crippen molar-refractivity contribution < 1.29 is 14.3 Å². The molecule has 2 aliphatic rings. The first-order chi connectivity index (χ1) is 16.1. The topological polar surface area (TPSA) is 83.6 Å². The van der Waals surface area contributed by atoms with Gasteiger partial charge in [0.1, 0.15) is 11.1 Å². The van der Waals surface area contributed by atoms with E-state index in [1.807, 2.05) is 26.3 Å². The molecule has 184 valence electrons. The fourth-order valence-electron chi connectivity index (χ4n) is 4.63. The predicted molar refractivity (Wildman–Crippen MR) is 136 cm³/mol. The Hall–Kier alpha value is -2.61. The number of aromatic nitrogens is 1. The van der Waals surface area contributed by atoms with Crippen LogP contribution in [0.1, 0.15) is 65.0 Å². The van der Waals surface area contributed by atoms with Crippen LogP contribution in [-0.2, 0) is 22.4 Å². The first-order valence-corrected chi connectivity index (χ1v) is 13.2. The highest BCUT2D eigenvalue weighted by molar-refractivity contribution is 7.07. The zero-order valence-electron chi connectivity index (χ0n) is 20.9. The van der Waals surface area contributed by atoms with E-state index < -0.39 is 17.2 Å². The Labute approximate surface area is 206 Å². The molecule has 2 aromatic rings. The second kappa shape index (κ2) is 9.56. The molecule has 1 saturated carbocycles. The summed E-state index contributed by atoms with van der Waals surface area (Å²) in [4.78, 5) is 32.9. The first-order valence-electron chi connectivity index (χ1n) is 12.3. The Bertz CT molecular complexity index is 1040. The Balaban J connectivity index is 1.67. The monoisotopic (exact) mass is 484 g/mol. The van der Waals surface area contributed by atoms with Gasteiger partial charge in [-0.05, 0) is 76.1 Å². The fourth-order valence-corrected chi connectivity index (χ4v) is 5.19. The molecule has 1 atom stereocenters. The number of alkyl carbamates (subject to hydrolysis) is 1. The Morgan fingerprint density at radius 3 is 2.59 bits per heavy atom. The van der Waals surface area contributed by atoms with E-state index in [1.54, 1.807) is 11.3 Å². The summed E-state index contributed by atoms with van der Waals surface area (Å²) < 4.78 is 5.53. The molecule has 2 amide bonds. The molecular weight excluding hydrogens is 448 g/mol. The summed E-state index contributed by atoms with van der Waals surface area (Å²) in [5.74, 6) is -0.118. The summed E-state index contributed by atoms with van der Waals surface area (Å²) in [7, 11) is 0. The van der Waals surface area contributed by atoms with Crippen molar-refractivity contribution in [2.75, 3.05) is 18.0 Å². The molecule has 7 nitrogen and oxygen atoms in total. The molecule has 2 N–H and O–H groups in total. The molecule has 0 unspecified atom stereocenters. The third kappa shape index (κ3) is 5.37. The van der Waals surface area contributed by atoms with E-state index in [4.69, 9.17) is 4.74 Å². The minimum atomic E-state index is -1.03. The molecule has 8 heteroatoms. The van der Waals surface area contributed by atoms with Crippen LogP contribution < -0.4 is 15.5 Å².